The van der Waals surface area contributed by atoms with Crippen molar-refractivity contribution in [2.45, 2.75) is 25.7 Å². The van der Waals surface area contributed by atoms with Crippen LogP contribution in [0.2, 0.25) is 0 Å². The van der Waals surface area contributed by atoms with Gasteiger partial charge in [0.15, 0.2) is 5.89 Å². The molecule has 2 heterocycles. The number of hydrogen-bond donors (Lipinski definition) is 2. The number of carboxylic acids is 1. The fourth-order valence-corrected chi connectivity index (χ4v) is 1.96. The summed E-state index contributed by atoms with van der Waals surface area (Å²) in [6.45, 7) is 3.45. The second-order valence-electron chi connectivity index (χ2n) is 3.80. The summed E-state index contributed by atoms with van der Waals surface area (Å²) in [5, 5.41) is 12.2. The summed E-state index contributed by atoms with van der Waals surface area (Å²) in [5.41, 5.74) is 0.590. The van der Waals surface area contributed by atoms with Gasteiger partial charge in [-0.15, -0.1) is 0 Å². The fourth-order valence-electron chi connectivity index (χ4n) is 1.96. The van der Waals surface area contributed by atoms with Gasteiger partial charge in [0.2, 0.25) is 5.76 Å². The van der Waals surface area contributed by atoms with Crippen LogP contribution in [0.3, 0.4) is 0 Å². The first-order chi connectivity index (χ1) is 7.18. The number of oxazole rings is 1. The normalized spacial score (nSPS) is 21.5. The van der Waals surface area contributed by atoms with Crippen LogP contribution in [0.25, 0.3) is 0 Å². The van der Waals surface area contributed by atoms with Crippen molar-refractivity contribution in [2.75, 3.05) is 13.1 Å². The van der Waals surface area contributed by atoms with Crippen molar-refractivity contribution in [3.63, 3.8) is 0 Å². The van der Waals surface area contributed by atoms with E-state index in [0.29, 0.717) is 11.6 Å². The van der Waals surface area contributed by atoms with Crippen molar-refractivity contribution in [3.05, 3.63) is 17.3 Å². The SMILES string of the molecule is Cc1nc(C2CCCNC2)c(C(=O)O)o1. The van der Waals surface area contributed by atoms with Crippen LogP contribution in [0.15, 0.2) is 4.42 Å². The molecule has 0 saturated carbocycles. The van der Waals surface area contributed by atoms with Crippen LogP contribution < -0.4 is 5.32 Å². The monoisotopic (exact) mass is 210 g/mol. The van der Waals surface area contributed by atoms with E-state index in [1.54, 1.807) is 6.92 Å². The molecule has 15 heavy (non-hydrogen) atoms. The number of nitrogens with one attached hydrogen (secondary N) is 1. The zero-order valence-electron chi connectivity index (χ0n) is 8.62. The minimum absolute atomic E-state index is 0.00111. The second-order valence-corrected chi connectivity index (χ2v) is 3.80. The third-order valence-electron chi connectivity index (χ3n) is 2.64. The summed E-state index contributed by atoms with van der Waals surface area (Å²) in [7, 11) is 0. The molecule has 0 aliphatic carbocycles. The minimum Gasteiger partial charge on any atom is -0.475 e. The molecule has 5 nitrogen and oxygen atoms in total. The van der Waals surface area contributed by atoms with Crippen molar-refractivity contribution < 1.29 is 14.3 Å². The largest absolute Gasteiger partial charge is 0.475 e. The summed E-state index contributed by atoms with van der Waals surface area (Å²) in [6.07, 6.45) is 2.02. The number of hydrogen-bond acceptors (Lipinski definition) is 4. The number of piperidine rings is 1. The molecule has 1 aromatic heterocycles. The Morgan fingerprint density at radius 1 is 1.67 bits per heavy atom. The minimum atomic E-state index is -1.03. The highest BCUT2D eigenvalue weighted by atomic mass is 16.4. The molecule has 1 aromatic rings. The van der Waals surface area contributed by atoms with E-state index in [1.165, 1.54) is 0 Å². The molecular formula is C10H14N2O3. The molecule has 1 aliphatic rings. The number of carbonyl (C=O) groups is 1. The van der Waals surface area contributed by atoms with E-state index in [2.05, 4.69) is 10.3 Å². The Morgan fingerprint density at radius 2 is 2.47 bits per heavy atom. The smallest absolute Gasteiger partial charge is 0.373 e. The Balaban J connectivity index is 2.28. The van der Waals surface area contributed by atoms with Crippen LogP contribution in [0.4, 0.5) is 0 Å². The summed E-state index contributed by atoms with van der Waals surface area (Å²) in [6, 6.07) is 0. The van der Waals surface area contributed by atoms with E-state index in [-0.39, 0.29) is 11.7 Å². The van der Waals surface area contributed by atoms with Crippen molar-refractivity contribution in [1.82, 2.24) is 10.3 Å². The first-order valence-electron chi connectivity index (χ1n) is 5.10. The summed E-state index contributed by atoms with van der Waals surface area (Å²) in [5.74, 6) is -0.437. The topological polar surface area (TPSA) is 75.4 Å². The molecule has 82 valence electrons. The Hall–Kier alpha value is -1.36. The average molecular weight is 210 g/mol. The lowest BCUT2D eigenvalue weighted by atomic mass is 9.95. The number of nitrogens with zero attached hydrogens (tertiary/aromatic N) is 1. The van der Waals surface area contributed by atoms with Gasteiger partial charge < -0.3 is 14.8 Å². The van der Waals surface area contributed by atoms with Crippen molar-refractivity contribution in [1.29, 1.82) is 0 Å². The van der Waals surface area contributed by atoms with Gasteiger partial charge in [-0.3, -0.25) is 0 Å². The van der Waals surface area contributed by atoms with Crippen LogP contribution in [-0.2, 0) is 0 Å². The predicted molar refractivity (Wildman–Crippen MR) is 53.0 cm³/mol. The Kier molecular flexibility index (Phi) is 2.73. The van der Waals surface area contributed by atoms with E-state index in [9.17, 15) is 4.79 Å². The number of aromatic carboxylic acids is 1. The lowest BCUT2D eigenvalue weighted by Crippen LogP contribution is -2.29. The van der Waals surface area contributed by atoms with Crippen molar-refractivity contribution in [2.24, 2.45) is 0 Å². The van der Waals surface area contributed by atoms with Crippen LogP contribution >= 0.6 is 0 Å². The number of carboxylic acid groups (broad SMARTS) is 1. The molecule has 1 fully saturated rings. The fraction of sp³-hybridized carbons (Fsp3) is 0.600. The molecule has 1 aliphatic heterocycles. The van der Waals surface area contributed by atoms with Gasteiger partial charge in [-0.2, -0.15) is 0 Å². The van der Waals surface area contributed by atoms with Gasteiger partial charge in [-0.05, 0) is 19.4 Å². The van der Waals surface area contributed by atoms with Gasteiger partial charge in [-0.25, -0.2) is 9.78 Å². The van der Waals surface area contributed by atoms with Gasteiger partial charge in [0.05, 0.1) is 5.69 Å². The third-order valence-corrected chi connectivity index (χ3v) is 2.64. The third kappa shape index (κ3) is 2.02. The lowest BCUT2D eigenvalue weighted by molar-refractivity contribution is 0.0658. The van der Waals surface area contributed by atoms with E-state index in [4.69, 9.17) is 9.52 Å². The van der Waals surface area contributed by atoms with E-state index < -0.39 is 5.97 Å². The number of aromatic nitrogens is 1. The van der Waals surface area contributed by atoms with E-state index >= 15 is 0 Å². The maximum atomic E-state index is 10.9. The highest BCUT2D eigenvalue weighted by Crippen LogP contribution is 2.26. The molecule has 1 atom stereocenters. The quantitative estimate of drug-likeness (QED) is 0.765. The van der Waals surface area contributed by atoms with Crippen molar-refractivity contribution >= 4 is 5.97 Å². The molecule has 5 heteroatoms. The van der Waals surface area contributed by atoms with Crippen LogP contribution in [0.1, 0.15) is 40.9 Å². The van der Waals surface area contributed by atoms with Crippen LogP contribution in [0, 0.1) is 6.92 Å². The Morgan fingerprint density at radius 3 is 3.07 bits per heavy atom. The van der Waals surface area contributed by atoms with E-state index in [1.807, 2.05) is 0 Å². The second kappa shape index (κ2) is 4.02. The molecule has 0 radical (unpaired) electrons. The number of aryl methyl sites for hydroxylation is 1. The zero-order chi connectivity index (χ0) is 10.8. The summed E-state index contributed by atoms with van der Waals surface area (Å²) in [4.78, 5) is 15.1. The summed E-state index contributed by atoms with van der Waals surface area (Å²) < 4.78 is 5.09. The van der Waals surface area contributed by atoms with Gasteiger partial charge in [0.1, 0.15) is 0 Å². The number of rotatable bonds is 2. The van der Waals surface area contributed by atoms with Crippen LogP contribution in [-0.4, -0.2) is 29.1 Å². The van der Waals surface area contributed by atoms with Gasteiger partial charge >= 0.3 is 5.97 Å². The molecule has 0 bridgehead atoms. The molecular weight excluding hydrogens is 196 g/mol. The average Bonchev–Trinajstić information content (AvgIpc) is 2.62. The molecule has 1 saturated heterocycles. The molecule has 0 aromatic carbocycles. The van der Waals surface area contributed by atoms with Gasteiger partial charge in [0.25, 0.3) is 0 Å². The predicted octanol–water partition coefficient (Wildman–Crippen LogP) is 1.15. The molecule has 2 rings (SSSR count). The Bertz CT molecular complexity index is 367. The van der Waals surface area contributed by atoms with Gasteiger partial charge in [0, 0.05) is 19.4 Å². The van der Waals surface area contributed by atoms with Gasteiger partial charge in [-0.1, -0.05) is 0 Å². The molecule has 0 amide bonds. The molecule has 1 unspecified atom stereocenters. The first kappa shape index (κ1) is 10.2. The Labute approximate surface area is 87.5 Å². The van der Waals surface area contributed by atoms with E-state index in [0.717, 1.165) is 25.9 Å². The maximum absolute atomic E-state index is 10.9. The lowest BCUT2D eigenvalue weighted by Gasteiger charge is -2.20. The maximum Gasteiger partial charge on any atom is 0.373 e. The van der Waals surface area contributed by atoms with Crippen molar-refractivity contribution in [3.8, 4) is 0 Å². The zero-order valence-corrected chi connectivity index (χ0v) is 8.62. The molecule has 2 N–H and O–H groups in total. The standard InChI is InChI=1S/C10H14N2O3/c1-6-12-8(9(15-6)10(13)14)7-3-2-4-11-5-7/h7,11H,2-5H2,1H3,(H,13,14). The first-order valence-corrected chi connectivity index (χ1v) is 5.10. The highest BCUT2D eigenvalue weighted by molar-refractivity contribution is 5.85. The highest BCUT2D eigenvalue weighted by Gasteiger charge is 2.26. The molecule has 0 spiro atoms. The van der Waals surface area contributed by atoms with Crippen LogP contribution in [0.5, 0.6) is 0 Å². The summed E-state index contributed by atoms with van der Waals surface area (Å²) >= 11 is 0.